The molecule has 0 spiro atoms. The number of rotatable bonds is 4. The third-order valence-electron chi connectivity index (χ3n) is 3.08. The zero-order chi connectivity index (χ0) is 14.0. The molecule has 0 aliphatic carbocycles. The minimum atomic E-state index is 0.254. The molecule has 1 aromatic heterocycles. The highest BCUT2D eigenvalue weighted by atomic mass is 79.9. The minimum Gasteiger partial charge on any atom is -0.293 e. The predicted molar refractivity (Wildman–Crippen MR) is 86.2 cm³/mol. The minimum absolute atomic E-state index is 0.254. The molecular formula is C16H17BrOS. The Morgan fingerprint density at radius 1 is 1.21 bits per heavy atom. The molecule has 0 aliphatic rings. The highest BCUT2D eigenvalue weighted by Gasteiger charge is 2.11. The lowest BCUT2D eigenvalue weighted by Gasteiger charge is -2.06. The van der Waals surface area contributed by atoms with Crippen LogP contribution in [0, 0.1) is 13.8 Å². The van der Waals surface area contributed by atoms with Crippen LogP contribution in [0.1, 0.15) is 40.6 Å². The van der Waals surface area contributed by atoms with Crippen molar-refractivity contribution >= 4 is 33.0 Å². The van der Waals surface area contributed by atoms with E-state index in [1.165, 1.54) is 16.7 Å². The van der Waals surface area contributed by atoms with E-state index in [2.05, 4.69) is 48.0 Å². The van der Waals surface area contributed by atoms with Crippen LogP contribution >= 0.6 is 27.3 Å². The SMILES string of the molecule is CCCC(=O)c1ccc(-c2cc(C)c(Br)c(C)c2)s1. The number of ketones is 1. The Kier molecular flexibility index (Phi) is 4.58. The molecule has 0 unspecified atom stereocenters. The average molecular weight is 337 g/mol. The van der Waals surface area contributed by atoms with Crippen molar-refractivity contribution in [3.63, 3.8) is 0 Å². The molecule has 0 saturated carbocycles. The summed E-state index contributed by atoms with van der Waals surface area (Å²) in [5.74, 6) is 0.254. The Bertz CT molecular complexity index is 590. The molecule has 1 nitrogen and oxygen atoms in total. The Morgan fingerprint density at radius 3 is 2.42 bits per heavy atom. The number of carbonyl (C=O) groups excluding carboxylic acids is 1. The van der Waals surface area contributed by atoms with Crippen LogP contribution in [0.25, 0.3) is 10.4 Å². The number of aryl methyl sites for hydroxylation is 2. The van der Waals surface area contributed by atoms with Gasteiger partial charge in [-0.25, -0.2) is 0 Å². The lowest BCUT2D eigenvalue weighted by atomic mass is 10.1. The first kappa shape index (κ1) is 14.5. The van der Waals surface area contributed by atoms with Crippen molar-refractivity contribution in [3.8, 4) is 10.4 Å². The topological polar surface area (TPSA) is 17.1 Å². The van der Waals surface area contributed by atoms with Gasteiger partial charge in [-0.15, -0.1) is 11.3 Å². The molecule has 3 heteroatoms. The van der Waals surface area contributed by atoms with Crippen molar-refractivity contribution in [2.45, 2.75) is 33.6 Å². The fraction of sp³-hybridized carbons (Fsp3) is 0.312. The van der Waals surface area contributed by atoms with Crippen molar-refractivity contribution in [2.24, 2.45) is 0 Å². The molecule has 19 heavy (non-hydrogen) atoms. The Morgan fingerprint density at radius 2 is 1.84 bits per heavy atom. The maximum Gasteiger partial charge on any atom is 0.172 e. The van der Waals surface area contributed by atoms with Gasteiger partial charge in [0.15, 0.2) is 5.78 Å². The fourth-order valence-corrected chi connectivity index (χ4v) is 3.27. The second-order valence-electron chi connectivity index (χ2n) is 4.76. The summed E-state index contributed by atoms with van der Waals surface area (Å²) in [5.41, 5.74) is 3.65. The van der Waals surface area contributed by atoms with Crippen LogP contribution in [0.5, 0.6) is 0 Å². The van der Waals surface area contributed by atoms with Crippen molar-refractivity contribution in [3.05, 3.63) is 44.7 Å². The average Bonchev–Trinajstić information content (AvgIpc) is 2.85. The van der Waals surface area contributed by atoms with E-state index < -0.39 is 0 Å². The van der Waals surface area contributed by atoms with E-state index in [9.17, 15) is 4.79 Å². The summed E-state index contributed by atoms with van der Waals surface area (Å²) in [6.45, 7) is 6.22. The zero-order valence-corrected chi connectivity index (χ0v) is 13.8. The van der Waals surface area contributed by atoms with Gasteiger partial charge in [0.2, 0.25) is 0 Å². The summed E-state index contributed by atoms with van der Waals surface area (Å²) in [4.78, 5) is 13.9. The van der Waals surface area contributed by atoms with Gasteiger partial charge in [0.05, 0.1) is 4.88 Å². The fourth-order valence-electron chi connectivity index (χ4n) is 2.08. The smallest absolute Gasteiger partial charge is 0.172 e. The quantitative estimate of drug-likeness (QED) is 0.647. The zero-order valence-electron chi connectivity index (χ0n) is 11.4. The number of carbonyl (C=O) groups is 1. The van der Waals surface area contributed by atoms with E-state index in [0.717, 1.165) is 20.6 Å². The van der Waals surface area contributed by atoms with Crippen molar-refractivity contribution in [2.75, 3.05) is 0 Å². The van der Waals surface area contributed by atoms with Gasteiger partial charge in [-0.2, -0.15) is 0 Å². The lowest BCUT2D eigenvalue weighted by Crippen LogP contribution is -1.93. The lowest BCUT2D eigenvalue weighted by molar-refractivity contribution is 0.0985. The first-order valence-corrected chi connectivity index (χ1v) is 8.04. The molecule has 0 N–H and O–H groups in total. The van der Waals surface area contributed by atoms with Crippen LogP contribution in [-0.4, -0.2) is 5.78 Å². The largest absolute Gasteiger partial charge is 0.293 e. The molecule has 0 bridgehead atoms. The molecule has 2 aromatic rings. The molecule has 0 amide bonds. The molecule has 100 valence electrons. The predicted octanol–water partition coefficient (Wildman–Crippen LogP) is 5.78. The molecule has 0 saturated heterocycles. The van der Waals surface area contributed by atoms with Gasteiger partial charge in [0, 0.05) is 15.8 Å². The molecular weight excluding hydrogens is 320 g/mol. The van der Waals surface area contributed by atoms with Crippen molar-refractivity contribution < 1.29 is 4.79 Å². The Hall–Kier alpha value is -0.930. The number of hydrogen-bond donors (Lipinski definition) is 0. The summed E-state index contributed by atoms with van der Waals surface area (Å²) in [6, 6.07) is 8.33. The number of halogens is 1. The third-order valence-corrected chi connectivity index (χ3v) is 5.51. The van der Waals surface area contributed by atoms with Gasteiger partial charge >= 0.3 is 0 Å². The van der Waals surface area contributed by atoms with Crippen molar-refractivity contribution in [1.29, 1.82) is 0 Å². The Labute approximate surface area is 126 Å². The van der Waals surface area contributed by atoms with Gasteiger partial charge in [0.25, 0.3) is 0 Å². The second kappa shape index (κ2) is 6.02. The van der Waals surface area contributed by atoms with Gasteiger partial charge in [-0.05, 0) is 61.2 Å². The molecule has 1 aromatic carbocycles. The molecule has 0 atom stereocenters. The van der Waals surface area contributed by atoms with E-state index in [-0.39, 0.29) is 5.78 Å². The molecule has 2 rings (SSSR count). The van der Waals surface area contributed by atoms with Crippen LogP contribution in [0.4, 0.5) is 0 Å². The van der Waals surface area contributed by atoms with Crippen LogP contribution < -0.4 is 0 Å². The normalized spacial score (nSPS) is 10.7. The van der Waals surface area contributed by atoms with E-state index in [1.807, 2.05) is 13.0 Å². The third kappa shape index (κ3) is 3.15. The number of hydrogen-bond acceptors (Lipinski definition) is 2. The van der Waals surface area contributed by atoms with Gasteiger partial charge in [0.1, 0.15) is 0 Å². The summed E-state index contributed by atoms with van der Waals surface area (Å²) >= 11 is 5.18. The highest BCUT2D eigenvalue weighted by Crippen LogP contribution is 2.33. The molecule has 0 aliphatic heterocycles. The van der Waals surface area contributed by atoms with E-state index in [0.29, 0.717) is 6.42 Å². The van der Waals surface area contributed by atoms with Crippen LogP contribution in [0.15, 0.2) is 28.7 Å². The first-order valence-electron chi connectivity index (χ1n) is 6.43. The van der Waals surface area contributed by atoms with Crippen molar-refractivity contribution in [1.82, 2.24) is 0 Å². The standard InChI is InChI=1S/C16H17BrOS/c1-4-5-13(18)15-7-6-14(19-15)12-8-10(2)16(17)11(3)9-12/h6-9H,4-5H2,1-3H3. The number of Topliss-reactive ketones (excluding diaryl/α,β-unsaturated/α-hetero) is 1. The van der Waals surface area contributed by atoms with Crippen LogP contribution in [-0.2, 0) is 0 Å². The summed E-state index contributed by atoms with van der Waals surface area (Å²) in [6.07, 6.45) is 1.54. The highest BCUT2D eigenvalue weighted by molar-refractivity contribution is 9.10. The first-order chi connectivity index (χ1) is 9.02. The monoisotopic (exact) mass is 336 g/mol. The number of benzene rings is 1. The maximum atomic E-state index is 11.9. The second-order valence-corrected chi connectivity index (χ2v) is 6.64. The molecule has 1 heterocycles. The summed E-state index contributed by atoms with van der Waals surface area (Å²) < 4.78 is 1.16. The molecule has 0 radical (unpaired) electrons. The van der Waals surface area contributed by atoms with Gasteiger partial charge < -0.3 is 0 Å². The van der Waals surface area contributed by atoms with E-state index >= 15 is 0 Å². The van der Waals surface area contributed by atoms with Gasteiger partial charge in [-0.1, -0.05) is 22.9 Å². The summed E-state index contributed by atoms with van der Waals surface area (Å²) in [5, 5.41) is 0. The van der Waals surface area contributed by atoms with E-state index in [4.69, 9.17) is 0 Å². The summed E-state index contributed by atoms with van der Waals surface area (Å²) in [7, 11) is 0. The Balaban J connectivity index is 2.35. The van der Waals surface area contributed by atoms with E-state index in [1.54, 1.807) is 11.3 Å². The maximum absolute atomic E-state index is 11.9. The number of thiophene rings is 1. The van der Waals surface area contributed by atoms with Gasteiger partial charge in [-0.3, -0.25) is 4.79 Å². The van der Waals surface area contributed by atoms with Crippen LogP contribution in [0.3, 0.4) is 0 Å². The van der Waals surface area contributed by atoms with Crippen LogP contribution in [0.2, 0.25) is 0 Å². The molecule has 0 fully saturated rings.